The van der Waals surface area contributed by atoms with E-state index in [1.807, 2.05) is 55.6 Å². The molecular formula is C44H37N5. The fraction of sp³-hybridized carbons (Fsp3) is 0.0909. The van der Waals surface area contributed by atoms with E-state index >= 15 is 0 Å². The second kappa shape index (κ2) is 13.9. The molecule has 0 unspecified atom stereocenters. The molecule has 2 heterocycles. The highest BCUT2D eigenvalue weighted by molar-refractivity contribution is 5.89. The summed E-state index contributed by atoms with van der Waals surface area (Å²) in [6.07, 6.45) is 0. The van der Waals surface area contributed by atoms with Crippen LogP contribution in [-0.2, 0) is 0 Å². The number of aryl methyl sites for hydroxylation is 3. The minimum absolute atomic E-state index is 0.859. The molecule has 0 amide bonds. The van der Waals surface area contributed by atoms with Gasteiger partial charge in [0.2, 0.25) is 0 Å². The number of hydrogen-bond acceptors (Lipinski definition) is 5. The van der Waals surface area contributed by atoms with Crippen LogP contribution < -0.4 is 5.32 Å². The van der Waals surface area contributed by atoms with Gasteiger partial charge in [-0.2, -0.15) is 0 Å². The molecule has 5 nitrogen and oxygen atoms in total. The zero-order chi connectivity index (χ0) is 33.7. The molecule has 0 saturated heterocycles. The molecule has 6 aromatic carbocycles. The Labute approximate surface area is 287 Å². The SMILES string of the molecule is CNc1ccc(C)cc1.Cc1ccc2nc(-c3ccc(-c4nc5ccc(C)cc5nc4-c4ccccc4)cc3)c(-c3ccccc3)nc2c1. The van der Waals surface area contributed by atoms with Crippen LogP contribution in [0.2, 0.25) is 0 Å². The van der Waals surface area contributed by atoms with Gasteiger partial charge in [0.1, 0.15) is 0 Å². The molecule has 0 aliphatic rings. The molecule has 0 atom stereocenters. The summed E-state index contributed by atoms with van der Waals surface area (Å²) in [4.78, 5) is 20.3. The molecule has 0 bridgehead atoms. The number of anilines is 1. The molecule has 0 spiro atoms. The molecule has 5 heteroatoms. The molecule has 8 rings (SSSR count). The van der Waals surface area contributed by atoms with E-state index in [0.29, 0.717) is 0 Å². The minimum Gasteiger partial charge on any atom is -0.388 e. The first-order chi connectivity index (χ1) is 23.9. The van der Waals surface area contributed by atoms with E-state index in [0.717, 1.165) is 67.1 Å². The summed E-state index contributed by atoms with van der Waals surface area (Å²) in [6.45, 7) is 6.24. The highest BCUT2D eigenvalue weighted by atomic mass is 14.8. The first-order valence-corrected chi connectivity index (χ1v) is 16.5. The van der Waals surface area contributed by atoms with Gasteiger partial charge < -0.3 is 5.32 Å². The molecule has 2 aromatic heterocycles. The van der Waals surface area contributed by atoms with Crippen molar-refractivity contribution in [3.05, 3.63) is 162 Å². The smallest absolute Gasteiger partial charge is 0.0973 e. The van der Waals surface area contributed by atoms with Crippen LogP contribution in [-0.4, -0.2) is 27.0 Å². The highest BCUT2D eigenvalue weighted by Gasteiger charge is 2.16. The molecule has 238 valence electrons. The molecule has 8 aromatic rings. The predicted octanol–water partition coefficient (Wildman–Crippen LogP) is 10.9. The zero-order valence-corrected chi connectivity index (χ0v) is 28.1. The molecule has 49 heavy (non-hydrogen) atoms. The van der Waals surface area contributed by atoms with Gasteiger partial charge in [-0.25, -0.2) is 19.9 Å². The maximum atomic E-state index is 5.09. The largest absolute Gasteiger partial charge is 0.388 e. The lowest BCUT2D eigenvalue weighted by atomic mass is 9.99. The van der Waals surface area contributed by atoms with Crippen LogP contribution in [0.1, 0.15) is 16.7 Å². The second-order valence-electron chi connectivity index (χ2n) is 12.3. The van der Waals surface area contributed by atoms with Crippen molar-refractivity contribution in [1.82, 2.24) is 19.9 Å². The van der Waals surface area contributed by atoms with Crippen LogP contribution in [0.3, 0.4) is 0 Å². The number of rotatable bonds is 5. The molecule has 1 N–H and O–H groups in total. The fourth-order valence-electron chi connectivity index (χ4n) is 5.83. The van der Waals surface area contributed by atoms with E-state index in [1.165, 1.54) is 22.4 Å². The first kappa shape index (κ1) is 31.4. The first-order valence-electron chi connectivity index (χ1n) is 16.5. The van der Waals surface area contributed by atoms with Crippen molar-refractivity contribution in [3.63, 3.8) is 0 Å². The Morgan fingerprint density at radius 2 is 0.694 bits per heavy atom. The summed E-state index contributed by atoms with van der Waals surface area (Å²) >= 11 is 0. The quantitative estimate of drug-likeness (QED) is 0.204. The summed E-state index contributed by atoms with van der Waals surface area (Å²) < 4.78 is 0. The predicted molar refractivity (Wildman–Crippen MR) is 205 cm³/mol. The third kappa shape index (κ3) is 6.92. The third-order valence-corrected chi connectivity index (χ3v) is 8.51. The van der Waals surface area contributed by atoms with Crippen molar-refractivity contribution in [2.24, 2.45) is 0 Å². The Bertz CT molecular complexity index is 2220. The van der Waals surface area contributed by atoms with Crippen LogP contribution in [0.15, 0.2) is 146 Å². The lowest BCUT2D eigenvalue weighted by Crippen LogP contribution is -1.97. The maximum Gasteiger partial charge on any atom is 0.0973 e. The Balaban J connectivity index is 0.000000367. The van der Waals surface area contributed by atoms with Gasteiger partial charge in [-0.05, 0) is 68.3 Å². The van der Waals surface area contributed by atoms with Crippen molar-refractivity contribution in [3.8, 4) is 45.0 Å². The van der Waals surface area contributed by atoms with E-state index in [2.05, 4.69) is 123 Å². The van der Waals surface area contributed by atoms with E-state index < -0.39 is 0 Å². The van der Waals surface area contributed by atoms with E-state index in [-0.39, 0.29) is 0 Å². The molecule has 0 radical (unpaired) electrons. The number of nitrogens with zero attached hydrogens (tertiary/aromatic N) is 4. The second-order valence-corrected chi connectivity index (χ2v) is 12.3. The van der Waals surface area contributed by atoms with Crippen molar-refractivity contribution in [1.29, 1.82) is 0 Å². The van der Waals surface area contributed by atoms with E-state index in [4.69, 9.17) is 19.9 Å². The Morgan fingerprint density at radius 3 is 1.08 bits per heavy atom. The van der Waals surface area contributed by atoms with Gasteiger partial charge >= 0.3 is 0 Å². The molecule has 0 aliphatic carbocycles. The lowest BCUT2D eigenvalue weighted by molar-refractivity contribution is 1.27. The van der Waals surface area contributed by atoms with Crippen LogP contribution in [0.4, 0.5) is 5.69 Å². The van der Waals surface area contributed by atoms with Gasteiger partial charge in [-0.3, -0.25) is 0 Å². The van der Waals surface area contributed by atoms with Crippen LogP contribution in [0.25, 0.3) is 67.1 Å². The Morgan fingerprint density at radius 1 is 0.347 bits per heavy atom. The number of fused-ring (bicyclic) bond motifs is 2. The molecule has 0 saturated carbocycles. The molecule has 0 fully saturated rings. The highest BCUT2D eigenvalue weighted by Crippen LogP contribution is 2.35. The Hall–Kier alpha value is -6.20. The van der Waals surface area contributed by atoms with Gasteiger partial charge in [0.25, 0.3) is 0 Å². The average Bonchev–Trinajstić information content (AvgIpc) is 3.15. The van der Waals surface area contributed by atoms with Crippen LogP contribution in [0, 0.1) is 20.8 Å². The van der Waals surface area contributed by atoms with Crippen LogP contribution >= 0.6 is 0 Å². The minimum atomic E-state index is 0.859. The average molecular weight is 636 g/mol. The van der Waals surface area contributed by atoms with E-state index in [9.17, 15) is 0 Å². The van der Waals surface area contributed by atoms with Gasteiger partial charge in [0.15, 0.2) is 0 Å². The third-order valence-electron chi connectivity index (χ3n) is 8.51. The summed E-state index contributed by atoms with van der Waals surface area (Å²) in [5.74, 6) is 0. The lowest BCUT2D eigenvalue weighted by Gasteiger charge is -2.13. The van der Waals surface area contributed by atoms with E-state index in [1.54, 1.807) is 0 Å². The van der Waals surface area contributed by atoms with Gasteiger partial charge in [-0.15, -0.1) is 0 Å². The Kier molecular flexibility index (Phi) is 8.90. The normalized spacial score (nSPS) is 10.9. The number of aromatic nitrogens is 4. The molecule has 0 aliphatic heterocycles. The van der Waals surface area contributed by atoms with Crippen molar-refractivity contribution in [2.75, 3.05) is 12.4 Å². The van der Waals surface area contributed by atoms with Gasteiger partial charge in [0.05, 0.1) is 44.8 Å². The topological polar surface area (TPSA) is 63.6 Å². The zero-order valence-electron chi connectivity index (χ0n) is 28.1. The van der Waals surface area contributed by atoms with Crippen molar-refractivity contribution >= 4 is 27.8 Å². The molecular weight excluding hydrogens is 599 g/mol. The summed E-state index contributed by atoms with van der Waals surface area (Å²) in [5, 5.41) is 3.05. The maximum absolute atomic E-state index is 5.09. The number of hydrogen-bond donors (Lipinski definition) is 1. The summed E-state index contributed by atoms with van der Waals surface area (Å²) in [7, 11) is 1.92. The number of nitrogens with one attached hydrogen (secondary N) is 1. The van der Waals surface area contributed by atoms with Crippen LogP contribution in [0.5, 0.6) is 0 Å². The van der Waals surface area contributed by atoms with Crippen molar-refractivity contribution < 1.29 is 0 Å². The van der Waals surface area contributed by atoms with Crippen molar-refractivity contribution in [2.45, 2.75) is 20.8 Å². The summed E-state index contributed by atoms with van der Waals surface area (Å²) in [5.41, 5.74) is 15.9. The fourth-order valence-corrected chi connectivity index (χ4v) is 5.83. The number of benzene rings is 6. The standard InChI is InChI=1S/C36H26N4.C8H11N/c1-23-13-19-29-31(21-23)39-33(25-9-5-3-6-10-25)35(37-29)27-15-17-28(18-16-27)36-34(26-11-7-4-8-12-26)40-32-22-24(2)14-20-30(32)38-36;1-7-3-5-8(9-2)6-4-7/h3-22H,1-2H3;3-6,9H,1-2H3. The van der Waals surface area contributed by atoms with Gasteiger partial charge in [-0.1, -0.05) is 115 Å². The monoisotopic (exact) mass is 635 g/mol. The summed E-state index contributed by atoms with van der Waals surface area (Å²) in [6, 6.07) is 49.7. The van der Waals surface area contributed by atoms with Gasteiger partial charge in [0, 0.05) is 35.0 Å².